The molecular formula is C20H18Cl2F4N2O. The predicted molar refractivity (Wildman–Crippen MR) is 104 cm³/mol. The van der Waals surface area contributed by atoms with Crippen LogP contribution in [0.5, 0.6) is 0 Å². The van der Waals surface area contributed by atoms with Crippen LogP contribution in [-0.2, 0) is 17.5 Å². The van der Waals surface area contributed by atoms with Crippen molar-refractivity contribution in [3.05, 3.63) is 63.4 Å². The lowest BCUT2D eigenvalue weighted by Gasteiger charge is -2.31. The van der Waals surface area contributed by atoms with E-state index in [2.05, 4.69) is 5.32 Å². The molecule has 3 rings (SSSR count). The number of carbonyl (C=O) groups excluding carboxylic acids is 1. The molecule has 29 heavy (non-hydrogen) atoms. The molecule has 0 radical (unpaired) electrons. The van der Waals surface area contributed by atoms with E-state index in [4.69, 9.17) is 23.2 Å². The minimum Gasteiger partial charge on any atom is -0.325 e. The van der Waals surface area contributed by atoms with Crippen molar-refractivity contribution in [2.24, 2.45) is 5.92 Å². The highest BCUT2D eigenvalue weighted by Crippen LogP contribution is 2.34. The second-order valence-corrected chi connectivity index (χ2v) is 7.81. The SMILES string of the molecule is O=C(Nc1cc(C(F)(F)F)ccc1Cl)C1CCN(Cc2ccc(Cl)cc2F)CC1. The molecule has 1 fully saturated rings. The second-order valence-electron chi connectivity index (χ2n) is 6.97. The van der Waals surface area contributed by atoms with E-state index >= 15 is 0 Å². The number of halogens is 6. The third-order valence-electron chi connectivity index (χ3n) is 4.92. The van der Waals surface area contributed by atoms with Crippen LogP contribution in [0.2, 0.25) is 10.0 Å². The molecule has 156 valence electrons. The summed E-state index contributed by atoms with van der Waals surface area (Å²) >= 11 is 11.7. The number of benzene rings is 2. The zero-order valence-corrected chi connectivity index (χ0v) is 16.7. The van der Waals surface area contributed by atoms with Crippen molar-refractivity contribution in [3.8, 4) is 0 Å². The van der Waals surface area contributed by atoms with E-state index in [1.165, 1.54) is 6.07 Å². The summed E-state index contributed by atoms with van der Waals surface area (Å²) in [6.07, 6.45) is -3.50. The van der Waals surface area contributed by atoms with Gasteiger partial charge >= 0.3 is 6.18 Å². The van der Waals surface area contributed by atoms with E-state index in [9.17, 15) is 22.4 Å². The van der Waals surface area contributed by atoms with E-state index in [0.717, 1.165) is 18.2 Å². The Morgan fingerprint density at radius 2 is 1.79 bits per heavy atom. The number of hydrogen-bond donors (Lipinski definition) is 1. The Kier molecular flexibility index (Phi) is 6.71. The van der Waals surface area contributed by atoms with Crippen molar-refractivity contribution >= 4 is 34.8 Å². The lowest BCUT2D eigenvalue weighted by molar-refractivity contribution is -0.137. The molecular weight excluding hydrogens is 431 g/mol. The van der Waals surface area contributed by atoms with Gasteiger partial charge in [0.25, 0.3) is 0 Å². The molecule has 0 unspecified atom stereocenters. The van der Waals surface area contributed by atoms with Crippen LogP contribution < -0.4 is 5.32 Å². The van der Waals surface area contributed by atoms with Crippen LogP contribution in [0.1, 0.15) is 24.0 Å². The van der Waals surface area contributed by atoms with Crippen molar-refractivity contribution in [3.63, 3.8) is 0 Å². The molecule has 0 aliphatic carbocycles. The molecule has 0 saturated carbocycles. The minimum absolute atomic E-state index is 0.0435. The minimum atomic E-state index is -4.52. The van der Waals surface area contributed by atoms with Crippen molar-refractivity contribution in [1.29, 1.82) is 0 Å². The maximum atomic E-state index is 13.9. The molecule has 0 aromatic heterocycles. The van der Waals surface area contributed by atoms with Crippen LogP contribution in [0.25, 0.3) is 0 Å². The lowest BCUT2D eigenvalue weighted by Crippen LogP contribution is -2.38. The first-order valence-electron chi connectivity index (χ1n) is 8.97. The third-order valence-corrected chi connectivity index (χ3v) is 5.48. The zero-order chi connectivity index (χ0) is 21.2. The maximum absolute atomic E-state index is 13.9. The maximum Gasteiger partial charge on any atom is 0.416 e. The van der Waals surface area contributed by atoms with Crippen molar-refractivity contribution < 1.29 is 22.4 Å². The van der Waals surface area contributed by atoms with E-state index in [-0.39, 0.29) is 28.4 Å². The number of carbonyl (C=O) groups is 1. The molecule has 1 aliphatic rings. The number of nitrogens with one attached hydrogen (secondary N) is 1. The second kappa shape index (κ2) is 8.90. The Labute approximate surface area is 175 Å². The molecule has 1 saturated heterocycles. The number of hydrogen-bond acceptors (Lipinski definition) is 2. The molecule has 9 heteroatoms. The third kappa shape index (κ3) is 5.62. The monoisotopic (exact) mass is 448 g/mol. The summed E-state index contributed by atoms with van der Waals surface area (Å²) < 4.78 is 52.5. The lowest BCUT2D eigenvalue weighted by atomic mass is 9.95. The Balaban J connectivity index is 1.58. The van der Waals surface area contributed by atoms with Gasteiger partial charge < -0.3 is 5.32 Å². The van der Waals surface area contributed by atoms with E-state index in [1.54, 1.807) is 12.1 Å². The summed E-state index contributed by atoms with van der Waals surface area (Å²) in [4.78, 5) is 14.5. The van der Waals surface area contributed by atoms with Gasteiger partial charge in [-0.3, -0.25) is 9.69 Å². The highest BCUT2D eigenvalue weighted by atomic mass is 35.5. The first-order chi connectivity index (χ1) is 13.6. The Bertz CT molecular complexity index is 897. The molecule has 1 aliphatic heterocycles. The zero-order valence-electron chi connectivity index (χ0n) is 15.2. The molecule has 3 nitrogen and oxygen atoms in total. The Morgan fingerprint density at radius 1 is 1.10 bits per heavy atom. The number of piperidine rings is 1. The summed E-state index contributed by atoms with van der Waals surface area (Å²) in [5, 5.41) is 2.88. The van der Waals surface area contributed by atoms with Gasteiger partial charge in [0, 0.05) is 23.0 Å². The molecule has 0 bridgehead atoms. The summed E-state index contributed by atoms with van der Waals surface area (Å²) in [6.45, 7) is 1.53. The molecule has 0 atom stereocenters. The van der Waals surface area contributed by atoms with Crippen LogP contribution in [-0.4, -0.2) is 23.9 Å². The van der Waals surface area contributed by atoms with Crippen LogP contribution >= 0.6 is 23.2 Å². The normalized spacial score (nSPS) is 16.1. The highest BCUT2D eigenvalue weighted by Gasteiger charge is 2.32. The molecule has 1 amide bonds. The van der Waals surface area contributed by atoms with Gasteiger partial charge in [-0.25, -0.2) is 4.39 Å². The highest BCUT2D eigenvalue weighted by molar-refractivity contribution is 6.33. The van der Waals surface area contributed by atoms with Gasteiger partial charge in [0.2, 0.25) is 5.91 Å². The fourth-order valence-corrected chi connectivity index (χ4v) is 3.60. The van der Waals surface area contributed by atoms with Gasteiger partial charge in [0.15, 0.2) is 0 Å². The summed E-state index contributed by atoms with van der Waals surface area (Å²) in [5.74, 6) is -1.10. The predicted octanol–water partition coefficient (Wildman–Crippen LogP) is 6.00. The van der Waals surface area contributed by atoms with E-state index in [1.807, 2.05) is 4.90 Å². The van der Waals surface area contributed by atoms with Gasteiger partial charge in [-0.05, 0) is 56.3 Å². The molecule has 2 aromatic carbocycles. The average Bonchev–Trinajstić information content (AvgIpc) is 2.65. The van der Waals surface area contributed by atoms with Gasteiger partial charge in [-0.1, -0.05) is 29.3 Å². The standard InChI is InChI=1S/C20H18Cl2F4N2O/c21-15-3-1-13(17(23)10-15)11-28-7-5-12(6-8-28)19(29)27-18-9-14(20(24,25)26)2-4-16(18)22/h1-4,9-10,12H,5-8,11H2,(H,27,29). The first-order valence-corrected chi connectivity index (χ1v) is 9.73. The smallest absolute Gasteiger partial charge is 0.325 e. The quantitative estimate of drug-likeness (QED) is 0.581. The molecule has 1 N–H and O–H groups in total. The fourth-order valence-electron chi connectivity index (χ4n) is 3.28. The molecule has 0 spiro atoms. The first kappa shape index (κ1) is 21.9. The van der Waals surface area contributed by atoms with Gasteiger partial charge in [0.05, 0.1) is 16.3 Å². The fraction of sp³-hybridized carbons (Fsp3) is 0.350. The number of likely N-dealkylation sites (tertiary alicyclic amines) is 1. The summed E-state index contributed by atoms with van der Waals surface area (Å²) in [7, 11) is 0. The van der Waals surface area contributed by atoms with Crippen molar-refractivity contribution in [2.75, 3.05) is 18.4 Å². The van der Waals surface area contributed by atoms with E-state index < -0.39 is 11.7 Å². The topological polar surface area (TPSA) is 32.3 Å². The van der Waals surface area contributed by atoms with Gasteiger partial charge in [-0.2, -0.15) is 13.2 Å². The van der Waals surface area contributed by atoms with Crippen LogP contribution in [0.3, 0.4) is 0 Å². The Morgan fingerprint density at radius 3 is 2.41 bits per heavy atom. The van der Waals surface area contributed by atoms with Crippen LogP contribution in [0.4, 0.5) is 23.2 Å². The van der Waals surface area contributed by atoms with Gasteiger partial charge in [-0.15, -0.1) is 0 Å². The number of alkyl halides is 3. The number of amides is 1. The average molecular weight is 449 g/mol. The Hall–Kier alpha value is -1.83. The van der Waals surface area contributed by atoms with E-state index in [0.29, 0.717) is 43.1 Å². The van der Waals surface area contributed by atoms with Crippen molar-refractivity contribution in [1.82, 2.24) is 4.90 Å². The van der Waals surface area contributed by atoms with Gasteiger partial charge in [0.1, 0.15) is 5.82 Å². The number of anilines is 1. The summed E-state index contributed by atoms with van der Waals surface area (Å²) in [6, 6.07) is 7.33. The van der Waals surface area contributed by atoms with Crippen molar-refractivity contribution in [2.45, 2.75) is 25.6 Å². The van der Waals surface area contributed by atoms with Crippen LogP contribution in [0.15, 0.2) is 36.4 Å². The molecule has 1 heterocycles. The summed E-state index contributed by atoms with van der Waals surface area (Å²) in [5.41, 5.74) is -0.415. The van der Waals surface area contributed by atoms with Crippen LogP contribution in [0, 0.1) is 11.7 Å². The number of rotatable bonds is 4. The molecule has 2 aromatic rings. The number of nitrogens with zero attached hydrogens (tertiary/aromatic N) is 1. The largest absolute Gasteiger partial charge is 0.416 e.